The van der Waals surface area contributed by atoms with E-state index in [4.69, 9.17) is 0 Å². The number of aromatic nitrogens is 2. The summed E-state index contributed by atoms with van der Waals surface area (Å²) in [5, 5.41) is 2.98. The molecule has 3 amide bonds. The van der Waals surface area contributed by atoms with E-state index in [0.717, 1.165) is 24.1 Å². The van der Waals surface area contributed by atoms with Gasteiger partial charge in [-0.1, -0.05) is 30.3 Å². The minimum atomic E-state index is -0.0922. The van der Waals surface area contributed by atoms with Gasteiger partial charge in [-0.25, -0.2) is 9.78 Å². The lowest BCUT2D eigenvalue weighted by Crippen LogP contribution is -2.48. The SMILES string of the molecule is Cc1[nH]c(-c2ccccc2)nc1C(=O)N1CCC(NC(=O)N(C)C)CC1. The van der Waals surface area contributed by atoms with Gasteiger partial charge in [0.1, 0.15) is 11.5 Å². The minimum Gasteiger partial charge on any atom is -0.341 e. The Balaban J connectivity index is 1.64. The molecule has 1 fully saturated rings. The van der Waals surface area contributed by atoms with Crippen LogP contribution in [0.5, 0.6) is 0 Å². The lowest BCUT2D eigenvalue weighted by Gasteiger charge is -2.32. The van der Waals surface area contributed by atoms with Gasteiger partial charge < -0.3 is 20.1 Å². The van der Waals surface area contributed by atoms with Crippen LogP contribution < -0.4 is 5.32 Å². The molecule has 3 rings (SSSR count). The zero-order valence-corrected chi connectivity index (χ0v) is 15.5. The first-order valence-electron chi connectivity index (χ1n) is 8.85. The quantitative estimate of drug-likeness (QED) is 0.886. The van der Waals surface area contributed by atoms with Crippen LogP contribution in [0.2, 0.25) is 0 Å². The van der Waals surface area contributed by atoms with E-state index in [1.807, 2.05) is 42.2 Å². The van der Waals surface area contributed by atoms with Gasteiger partial charge in [0.2, 0.25) is 0 Å². The van der Waals surface area contributed by atoms with Crippen molar-refractivity contribution >= 4 is 11.9 Å². The second-order valence-electron chi connectivity index (χ2n) is 6.84. The molecule has 2 heterocycles. The van der Waals surface area contributed by atoms with Crippen molar-refractivity contribution in [2.45, 2.75) is 25.8 Å². The molecular weight excluding hydrogens is 330 g/mol. The molecule has 7 nitrogen and oxygen atoms in total. The molecule has 7 heteroatoms. The number of hydrogen-bond acceptors (Lipinski definition) is 3. The summed E-state index contributed by atoms with van der Waals surface area (Å²) in [6.45, 7) is 3.10. The molecule has 26 heavy (non-hydrogen) atoms. The van der Waals surface area contributed by atoms with Crippen LogP contribution in [0.25, 0.3) is 11.4 Å². The Bertz CT molecular complexity index is 776. The van der Waals surface area contributed by atoms with Crippen LogP contribution in [0.15, 0.2) is 30.3 Å². The predicted octanol–water partition coefficient (Wildman–Crippen LogP) is 2.26. The van der Waals surface area contributed by atoms with Gasteiger partial charge in [-0.05, 0) is 19.8 Å². The van der Waals surface area contributed by atoms with Gasteiger partial charge in [0.05, 0.1) is 0 Å². The Hall–Kier alpha value is -2.83. The summed E-state index contributed by atoms with van der Waals surface area (Å²) >= 11 is 0. The fourth-order valence-electron chi connectivity index (χ4n) is 3.08. The molecule has 0 atom stereocenters. The number of carbonyl (C=O) groups is 2. The Labute approximate surface area is 153 Å². The lowest BCUT2D eigenvalue weighted by molar-refractivity contribution is 0.0701. The van der Waals surface area contributed by atoms with Gasteiger partial charge in [-0.15, -0.1) is 0 Å². The maximum Gasteiger partial charge on any atom is 0.317 e. The third kappa shape index (κ3) is 3.87. The predicted molar refractivity (Wildman–Crippen MR) is 99.9 cm³/mol. The van der Waals surface area contributed by atoms with Gasteiger partial charge in [0.25, 0.3) is 5.91 Å². The monoisotopic (exact) mass is 355 g/mol. The van der Waals surface area contributed by atoms with Crippen LogP contribution in [0, 0.1) is 6.92 Å². The van der Waals surface area contributed by atoms with Crippen molar-refractivity contribution in [3.05, 3.63) is 41.7 Å². The molecule has 1 aliphatic rings. The van der Waals surface area contributed by atoms with Crippen LogP contribution in [0.4, 0.5) is 4.79 Å². The normalized spacial score (nSPS) is 15.0. The summed E-state index contributed by atoms with van der Waals surface area (Å²) in [4.78, 5) is 35.7. The Morgan fingerprint density at radius 3 is 2.46 bits per heavy atom. The van der Waals surface area contributed by atoms with Crippen molar-refractivity contribution in [2.24, 2.45) is 0 Å². The van der Waals surface area contributed by atoms with E-state index in [1.54, 1.807) is 14.1 Å². The van der Waals surface area contributed by atoms with E-state index in [2.05, 4.69) is 15.3 Å². The van der Waals surface area contributed by atoms with Crippen LogP contribution >= 0.6 is 0 Å². The molecule has 2 N–H and O–H groups in total. The minimum absolute atomic E-state index is 0.0571. The molecule has 0 saturated carbocycles. The fourth-order valence-corrected chi connectivity index (χ4v) is 3.08. The highest BCUT2D eigenvalue weighted by Crippen LogP contribution is 2.20. The van der Waals surface area contributed by atoms with Crippen LogP contribution in [-0.4, -0.2) is 64.9 Å². The number of aromatic amines is 1. The molecule has 1 aromatic carbocycles. The maximum absolute atomic E-state index is 12.9. The summed E-state index contributed by atoms with van der Waals surface area (Å²) in [7, 11) is 3.44. The number of imidazole rings is 1. The number of hydrogen-bond donors (Lipinski definition) is 2. The highest BCUT2D eigenvalue weighted by molar-refractivity contribution is 5.94. The Kier molecular flexibility index (Phi) is 5.25. The third-order valence-electron chi connectivity index (χ3n) is 4.65. The highest BCUT2D eigenvalue weighted by atomic mass is 16.2. The summed E-state index contributed by atoms with van der Waals surface area (Å²) < 4.78 is 0. The number of nitrogens with one attached hydrogen (secondary N) is 2. The number of H-pyrrole nitrogens is 1. The van der Waals surface area contributed by atoms with Crippen LogP contribution in [-0.2, 0) is 0 Å². The number of nitrogens with zero attached hydrogens (tertiary/aromatic N) is 3. The van der Waals surface area contributed by atoms with Crippen molar-refractivity contribution in [1.82, 2.24) is 25.1 Å². The topological polar surface area (TPSA) is 81.3 Å². The number of urea groups is 1. The maximum atomic E-state index is 12.9. The molecule has 0 radical (unpaired) electrons. The first kappa shape index (κ1) is 18.0. The van der Waals surface area contributed by atoms with Gasteiger partial charge in [-0.3, -0.25) is 4.79 Å². The van der Waals surface area contributed by atoms with Crippen molar-refractivity contribution in [2.75, 3.05) is 27.2 Å². The van der Waals surface area contributed by atoms with Gasteiger partial charge in [0, 0.05) is 44.5 Å². The molecule has 2 aromatic rings. The summed E-state index contributed by atoms with van der Waals surface area (Å²) in [6.07, 6.45) is 1.50. The Morgan fingerprint density at radius 1 is 1.19 bits per heavy atom. The third-order valence-corrected chi connectivity index (χ3v) is 4.65. The molecule has 0 bridgehead atoms. The van der Waals surface area contributed by atoms with E-state index < -0.39 is 0 Å². The van der Waals surface area contributed by atoms with Crippen molar-refractivity contribution in [3.63, 3.8) is 0 Å². The fraction of sp³-hybridized carbons (Fsp3) is 0.421. The molecule has 0 unspecified atom stereocenters. The van der Waals surface area contributed by atoms with E-state index in [9.17, 15) is 9.59 Å². The number of amides is 3. The van der Waals surface area contributed by atoms with E-state index in [0.29, 0.717) is 24.6 Å². The molecular formula is C19H25N5O2. The molecule has 1 saturated heterocycles. The Morgan fingerprint density at radius 2 is 1.85 bits per heavy atom. The van der Waals surface area contributed by atoms with Gasteiger partial charge in [-0.2, -0.15) is 0 Å². The number of benzene rings is 1. The number of likely N-dealkylation sites (tertiary alicyclic amines) is 1. The van der Waals surface area contributed by atoms with Gasteiger partial charge >= 0.3 is 6.03 Å². The molecule has 0 aliphatic carbocycles. The number of carbonyl (C=O) groups excluding carboxylic acids is 2. The second kappa shape index (κ2) is 7.59. The van der Waals surface area contributed by atoms with Crippen molar-refractivity contribution < 1.29 is 9.59 Å². The second-order valence-corrected chi connectivity index (χ2v) is 6.84. The number of rotatable bonds is 3. The average molecular weight is 355 g/mol. The van der Waals surface area contributed by atoms with Gasteiger partial charge in [0.15, 0.2) is 0 Å². The zero-order chi connectivity index (χ0) is 18.7. The largest absolute Gasteiger partial charge is 0.341 e. The molecule has 0 spiro atoms. The van der Waals surface area contributed by atoms with E-state index in [-0.39, 0.29) is 18.0 Å². The summed E-state index contributed by atoms with van der Waals surface area (Å²) in [5.74, 6) is 0.651. The number of aryl methyl sites for hydroxylation is 1. The average Bonchev–Trinajstić information content (AvgIpc) is 3.04. The van der Waals surface area contributed by atoms with Crippen molar-refractivity contribution in [1.29, 1.82) is 0 Å². The van der Waals surface area contributed by atoms with Crippen LogP contribution in [0.3, 0.4) is 0 Å². The lowest BCUT2D eigenvalue weighted by atomic mass is 10.0. The van der Waals surface area contributed by atoms with E-state index >= 15 is 0 Å². The molecule has 1 aliphatic heterocycles. The number of piperidine rings is 1. The summed E-state index contributed by atoms with van der Waals surface area (Å²) in [5.41, 5.74) is 2.20. The van der Waals surface area contributed by atoms with Crippen molar-refractivity contribution in [3.8, 4) is 11.4 Å². The van der Waals surface area contributed by atoms with E-state index in [1.165, 1.54) is 4.90 Å². The standard InChI is InChI=1S/C19H25N5O2/c1-13-16(22-17(20-13)14-7-5-4-6-8-14)18(25)24-11-9-15(10-12-24)21-19(26)23(2)3/h4-8,15H,9-12H2,1-3H3,(H,20,22)(H,21,26). The summed E-state index contributed by atoms with van der Waals surface area (Å²) in [6, 6.07) is 9.78. The first-order valence-corrected chi connectivity index (χ1v) is 8.85. The molecule has 138 valence electrons. The van der Waals surface area contributed by atoms with Crippen LogP contribution in [0.1, 0.15) is 29.0 Å². The highest BCUT2D eigenvalue weighted by Gasteiger charge is 2.27. The molecule has 1 aromatic heterocycles. The zero-order valence-electron chi connectivity index (χ0n) is 15.5. The smallest absolute Gasteiger partial charge is 0.317 e. The first-order chi connectivity index (χ1) is 12.5.